The van der Waals surface area contributed by atoms with Gasteiger partial charge in [0.15, 0.2) is 6.10 Å². The summed E-state index contributed by atoms with van der Waals surface area (Å²) in [7, 11) is 0. The van der Waals surface area contributed by atoms with Gasteiger partial charge in [0, 0.05) is 24.2 Å². The molecule has 0 radical (unpaired) electrons. The minimum absolute atomic E-state index is 0.252. The smallest absolute Gasteiger partial charge is 0.342 e. The molecule has 1 atom stereocenters. The maximum absolute atomic E-state index is 12.5. The number of ether oxygens (including phenoxy) is 1. The predicted octanol–water partition coefficient (Wildman–Crippen LogP) is 2.02. The summed E-state index contributed by atoms with van der Waals surface area (Å²) in [5, 5.41) is 4.51. The first-order valence-electron chi connectivity index (χ1n) is 8.06. The van der Waals surface area contributed by atoms with Gasteiger partial charge in [-0.1, -0.05) is 30.3 Å². The lowest BCUT2D eigenvalue weighted by Gasteiger charge is -2.09. The zero-order valence-corrected chi connectivity index (χ0v) is 14.2. The molecule has 0 saturated heterocycles. The molecule has 2 heterocycles. The molecule has 1 amide bonds. The van der Waals surface area contributed by atoms with E-state index in [1.54, 1.807) is 35.4 Å². The fourth-order valence-electron chi connectivity index (χ4n) is 2.42. The first kappa shape index (κ1) is 17.3. The summed E-state index contributed by atoms with van der Waals surface area (Å²) in [6.07, 6.45) is 3.83. The van der Waals surface area contributed by atoms with Crippen molar-refractivity contribution in [2.45, 2.75) is 19.6 Å². The van der Waals surface area contributed by atoms with Gasteiger partial charge in [0.1, 0.15) is 11.3 Å². The maximum Gasteiger partial charge on any atom is 0.342 e. The molecular formula is C19H18N4O3. The summed E-state index contributed by atoms with van der Waals surface area (Å²) in [5.74, 6) is -1.37. The standard InChI is InChI=1S/C19H18N4O3/c1-13(18(20)24)26-19(25)16-12-23(11-14-6-3-2-4-7-14)22-17(16)15-8-5-9-21-10-15/h2-10,12-13H,11H2,1H3,(H2,20,24)/t13-/m1/s1. The number of carbonyl (C=O) groups is 2. The summed E-state index contributed by atoms with van der Waals surface area (Å²) < 4.78 is 6.79. The Hall–Kier alpha value is -3.48. The highest BCUT2D eigenvalue weighted by Gasteiger charge is 2.23. The number of primary amides is 1. The molecule has 7 heteroatoms. The second kappa shape index (κ2) is 7.60. The van der Waals surface area contributed by atoms with Crippen molar-refractivity contribution >= 4 is 11.9 Å². The number of amides is 1. The largest absolute Gasteiger partial charge is 0.449 e. The fourth-order valence-corrected chi connectivity index (χ4v) is 2.42. The number of carbonyl (C=O) groups excluding carboxylic acids is 2. The van der Waals surface area contributed by atoms with Crippen LogP contribution in [-0.2, 0) is 16.1 Å². The third-order valence-corrected chi connectivity index (χ3v) is 3.79. The molecule has 0 aliphatic carbocycles. The maximum atomic E-state index is 12.5. The van der Waals surface area contributed by atoms with Crippen molar-refractivity contribution in [3.63, 3.8) is 0 Å². The minimum atomic E-state index is -1.03. The molecule has 0 bridgehead atoms. The topological polar surface area (TPSA) is 100 Å². The average molecular weight is 350 g/mol. The molecule has 0 saturated carbocycles. The molecule has 2 aromatic heterocycles. The van der Waals surface area contributed by atoms with E-state index < -0.39 is 18.0 Å². The van der Waals surface area contributed by atoms with E-state index in [0.29, 0.717) is 17.8 Å². The molecule has 0 aliphatic heterocycles. The van der Waals surface area contributed by atoms with Crippen molar-refractivity contribution < 1.29 is 14.3 Å². The highest BCUT2D eigenvalue weighted by molar-refractivity contribution is 5.97. The number of hydrogen-bond acceptors (Lipinski definition) is 5. The van der Waals surface area contributed by atoms with Crippen LogP contribution in [0.5, 0.6) is 0 Å². The van der Waals surface area contributed by atoms with Crippen LogP contribution < -0.4 is 5.73 Å². The SMILES string of the molecule is C[C@@H](OC(=O)c1cn(Cc2ccccc2)nc1-c1cccnc1)C(N)=O. The van der Waals surface area contributed by atoms with E-state index in [2.05, 4.69) is 10.1 Å². The molecule has 7 nitrogen and oxygen atoms in total. The highest BCUT2D eigenvalue weighted by Crippen LogP contribution is 2.23. The lowest BCUT2D eigenvalue weighted by molar-refractivity contribution is -0.125. The van der Waals surface area contributed by atoms with Gasteiger partial charge in [-0.2, -0.15) is 5.10 Å². The molecule has 2 N–H and O–H groups in total. The second-order valence-corrected chi connectivity index (χ2v) is 5.77. The van der Waals surface area contributed by atoms with Crippen molar-refractivity contribution in [1.29, 1.82) is 0 Å². The van der Waals surface area contributed by atoms with E-state index >= 15 is 0 Å². The molecule has 0 fully saturated rings. The monoisotopic (exact) mass is 350 g/mol. The Morgan fingerprint density at radius 2 is 1.96 bits per heavy atom. The quantitative estimate of drug-likeness (QED) is 0.686. The van der Waals surface area contributed by atoms with Crippen LogP contribution in [0.3, 0.4) is 0 Å². The van der Waals surface area contributed by atoms with Crippen molar-refractivity contribution in [2.75, 3.05) is 0 Å². The van der Waals surface area contributed by atoms with Crippen molar-refractivity contribution in [3.05, 3.63) is 72.2 Å². The number of nitrogens with two attached hydrogens (primary N) is 1. The first-order chi connectivity index (χ1) is 12.5. The van der Waals surface area contributed by atoms with Crippen LogP contribution in [0, 0.1) is 0 Å². The lowest BCUT2D eigenvalue weighted by Crippen LogP contribution is -2.30. The van der Waals surface area contributed by atoms with Crippen LogP contribution >= 0.6 is 0 Å². The van der Waals surface area contributed by atoms with Gasteiger partial charge >= 0.3 is 5.97 Å². The third kappa shape index (κ3) is 3.94. The number of rotatable bonds is 6. The number of esters is 1. The Morgan fingerprint density at radius 1 is 1.19 bits per heavy atom. The summed E-state index contributed by atoms with van der Waals surface area (Å²) in [6, 6.07) is 13.3. The fraction of sp³-hybridized carbons (Fsp3) is 0.158. The molecule has 132 valence electrons. The Balaban J connectivity index is 1.95. The summed E-state index contributed by atoms with van der Waals surface area (Å²) >= 11 is 0. The van der Waals surface area contributed by atoms with E-state index in [1.807, 2.05) is 30.3 Å². The van der Waals surface area contributed by atoms with Gasteiger partial charge in [-0.05, 0) is 24.6 Å². The van der Waals surface area contributed by atoms with Crippen LogP contribution in [-0.4, -0.2) is 32.7 Å². The van der Waals surface area contributed by atoms with E-state index in [9.17, 15) is 9.59 Å². The molecular weight excluding hydrogens is 332 g/mol. The van der Waals surface area contributed by atoms with Crippen LogP contribution in [0.4, 0.5) is 0 Å². The van der Waals surface area contributed by atoms with Crippen LogP contribution in [0.25, 0.3) is 11.3 Å². The summed E-state index contributed by atoms with van der Waals surface area (Å²) in [5.41, 5.74) is 7.58. The Bertz CT molecular complexity index is 907. The molecule has 3 rings (SSSR count). The zero-order valence-electron chi connectivity index (χ0n) is 14.2. The first-order valence-corrected chi connectivity index (χ1v) is 8.06. The minimum Gasteiger partial charge on any atom is -0.449 e. The number of pyridine rings is 1. The van der Waals surface area contributed by atoms with E-state index in [4.69, 9.17) is 10.5 Å². The van der Waals surface area contributed by atoms with Gasteiger partial charge in [0.2, 0.25) is 0 Å². The van der Waals surface area contributed by atoms with Gasteiger partial charge in [-0.25, -0.2) is 4.79 Å². The third-order valence-electron chi connectivity index (χ3n) is 3.79. The Morgan fingerprint density at radius 3 is 2.62 bits per heavy atom. The van der Waals surface area contributed by atoms with Crippen LogP contribution in [0.1, 0.15) is 22.8 Å². The summed E-state index contributed by atoms with van der Waals surface area (Å²) in [6.45, 7) is 1.92. The van der Waals surface area contributed by atoms with E-state index in [0.717, 1.165) is 5.56 Å². The second-order valence-electron chi connectivity index (χ2n) is 5.77. The molecule has 3 aromatic rings. The van der Waals surface area contributed by atoms with Crippen molar-refractivity contribution in [1.82, 2.24) is 14.8 Å². The predicted molar refractivity (Wildman–Crippen MR) is 95.1 cm³/mol. The van der Waals surface area contributed by atoms with Gasteiger partial charge in [0.05, 0.1) is 6.54 Å². The lowest BCUT2D eigenvalue weighted by atomic mass is 10.1. The number of nitrogens with zero attached hydrogens (tertiary/aromatic N) is 3. The number of aromatic nitrogens is 3. The van der Waals surface area contributed by atoms with Gasteiger partial charge in [-0.15, -0.1) is 0 Å². The van der Waals surface area contributed by atoms with Gasteiger partial charge in [-0.3, -0.25) is 14.5 Å². The van der Waals surface area contributed by atoms with Gasteiger partial charge in [0.25, 0.3) is 5.91 Å². The van der Waals surface area contributed by atoms with Crippen LogP contribution in [0.2, 0.25) is 0 Å². The van der Waals surface area contributed by atoms with Crippen molar-refractivity contribution in [3.8, 4) is 11.3 Å². The summed E-state index contributed by atoms with van der Waals surface area (Å²) in [4.78, 5) is 27.8. The molecule has 26 heavy (non-hydrogen) atoms. The highest BCUT2D eigenvalue weighted by atomic mass is 16.5. The number of hydrogen-bond donors (Lipinski definition) is 1. The normalized spacial score (nSPS) is 11.7. The molecule has 0 aliphatic rings. The van der Waals surface area contributed by atoms with Crippen molar-refractivity contribution in [2.24, 2.45) is 5.73 Å². The van der Waals surface area contributed by atoms with E-state index in [-0.39, 0.29) is 5.56 Å². The molecule has 0 unspecified atom stereocenters. The number of benzene rings is 1. The Kier molecular flexibility index (Phi) is 5.07. The molecule has 0 spiro atoms. The van der Waals surface area contributed by atoms with Gasteiger partial charge < -0.3 is 10.5 Å². The van der Waals surface area contributed by atoms with E-state index in [1.165, 1.54) is 6.92 Å². The Labute approximate surface area is 150 Å². The zero-order chi connectivity index (χ0) is 18.5. The van der Waals surface area contributed by atoms with Crippen LogP contribution in [0.15, 0.2) is 61.1 Å². The molecule has 1 aromatic carbocycles. The average Bonchev–Trinajstić information content (AvgIpc) is 3.07.